The lowest BCUT2D eigenvalue weighted by Crippen LogP contribution is -2.14. The van der Waals surface area contributed by atoms with Crippen LogP contribution in [0.25, 0.3) is 10.2 Å². The Labute approximate surface area is 169 Å². The van der Waals surface area contributed by atoms with Crippen molar-refractivity contribution < 1.29 is 4.79 Å². The Kier molecular flexibility index (Phi) is 5.22. The van der Waals surface area contributed by atoms with Gasteiger partial charge in [-0.2, -0.15) is 0 Å². The largest absolute Gasteiger partial charge is 0.298 e. The van der Waals surface area contributed by atoms with E-state index in [4.69, 9.17) is 0 Å². The Morgan fingerprint density at radius 2 is 1.68 bits per heavy atom. The van der Waals surface area contributed by atoms with E-state index >= 15 is 0 Å². The van der Waals surface area contributed by atoms with E-state index in [-0.39, 0.29) is 5.91 Å². The van der Waals surface area contributed by atoms with E-state index in [0.29, 0.717) is 10.7 Å². The molecule has 0 saturated carbocycles. The van der Waals surface area contributed by atoms with Gasteiger partial charge >= 0.3 is 0 Å². The molecule has 1 heterocycles. The molecular formula is C24H22N2OS. The van der Waals surface area contributed by atoms with Gasteiger partial charge in [0.05, 0.1) is 10.2 Å². The summed E-state index contributed by atoms with van der Waals surface area (Å²) in [6.07, 6.45) is 1.73. The van der Waals surface area contributed by atoms with Crippen molar-refractivity contribution in [1.82, 2.24) is 4.98 Å². The molecule has 0 aliphatic heterocycles. The van der Waals surface area contributed by atoms with Gasteiger partial charge < -0.3 is 0 Å². The number of anilines is 1. The Balaban J connectivity index is 1.54. The van der Waals surface area contributed by atoms with Crippen molar-refractivity contribution in [3.8, 4) is 0 Å². The number of benzene rings is 3. The molecular weight excluding hydrogens is 364 g/mol. The van der Waals surface area contributed by atoms with Crippen LogP contribution in [0.2, 0.25) is 0 Å². The van der Waals surface area contributed by atoms with Crippen molar-refractivity contribution in [2.75, 3.05) is 5.32 Å². The van der Waals surface area contributed by atoms with Crippen LogP contribution in [0.5, 0.6) is 0 Å². The molecule has 0 unspecified atom stereocenters. The second-order valence-electron chi connectivity index (χ2n) is 6.97. The van der Waals surface area contributed by atoms with Crippen molar-refractivity contribution in [3.63, 3.8) is 0 Å². The highest BCUT2D eigenvalue weighted by Crippen LogP contribution is 2.30. The van der Waals surface area contributed by atoms with Gasteiger partial charge in [-0.05, 0) is 61.1 Å². The number of amides is 1. The highest BCUT2D eigenvalue weighted by atomic mass is 32.1. The third kappa shape index (κ3) is 3.82. The smallest absolute Gasteiger partial charge is 0.257 e. The Bertz CT molecular complexity index is 1130. The molecule has 28 heavy (non-hydrogen) atoms. The number of carbonyl (C=O) groups excluding carboxylic acids is 1. The molecule has 1 amide bonds. The van der Waals surface area contributed by atoms with Crippen LogP contribution in [-0.4, -0.2) is 10.9 Å². The van der Waals surface area contributed by atoms with Crippen LogP contribution in [-0.2, 0) is 12.8 Å². The summed E-state index contributed by atoms with van der Waals surface area (Å²) in [6, 6.07) is 22.3. The summed E-state index contributed by atoms with van der Waals surface area (Å²) >= 11 is 1.52. The number of fused-ring (bicyclic) bond motifs is 1. The van der Waals surface area contributed by atoms with Crippen molar-refractivity contribution in [1.29, 1.82) is 0 Å². The van der Waals surface area contributed by atoms with Crippen LogP contribution in [0.1, 0.15) is 32.6 Å². The molecule has 1 aromatic heterocycles. The average Bonchev–Trinajstić information content (AvgIpc) is 3.13. The van der Waals surface area contributed by atoms with Crippen LogP contribution in [0.4, 0.5) is 5.13 Å². The number of carbonyl (C=O) groups is 1. The number of nitrogens with zero attached hydrogens (tertiary/aromatic N) is 1. The Morgan fingerprint density at radius 1 is 0.929 bits per heavy atom. The summed E-state index contributed by atoms with van der Waals surface area (Å²) < 4.78 is 1.09. The molecule has 140 valence electrons. The van der Waals surface area contributed by atoms with Crippen molar-refractivity contribution in [2.45, 2.75) is 26.7 Å². The molecule has 3 nitrogen and oxygen atoms in total. The first-order chi connectivity index (χ1) is 13.6. The van der Waals surface area contributed by atoms with Crippen molar-refractivity contribution >= 4 is 32.6 Å². The molecule has 1 N–H and O–H groups in total. The maximum Gasteiger partial charge on any atom is 0.257 e. The van der Waals surface area contributed by atoms with Gasteiger partial charge in [0, 0.05) is 5.56 Å². The number of thiazole rings is 1. The standard InChI is InChI=1S/C24H22N2OS/c1-16-12-15-21-22(17(16)2)25-24(28-21)26-23(27)20-11-7-6-10-19(20)14-13-18-8-4-3-5-9-18/h3-12,15H,13-14H2,1-2H3,(H,25,26,27). The zero-order chi connectivity index (χ0) is 19.5. The molecule has 0 aliphatic carbocycles. The van der Waals surface area contributed by atoms with Crippen LogP contribution in [0.15, 0.2) is 66.7 Å². The maximum atomic E-state index is 12.9. The molecule has 0 spiro atoms. The van der Waals surface area contributed by atoms with E-state index in [9.17, 15) is 4.79 Å². The average molecular weight is 387 g/mol. The van der Waals surface area contributed by atoms with Gasteiger partial charge in [0.1, 0.15) is 0 Å². The molecule has 0 aliphatic rings. The fourth-order valence-electron chi connectivity index (χ4n) is 3.33. The molecule has 0 bridgehead atoms. The topological polar surface area (TPSA) is 42.0 Å². The first-order valence-electron chi connectivity index (χ1n) is 9.42. The van der Waals surface area contributed by atoms with E-state index in [1.165, 1.54) is 22.5 Å². The fraction of sp³-hybridized carbons (Fsp3) is 0.167. The van der Waals surface area contributed by atoms with Gasteiger partial charge in [0.25, 0.3) is 5.91 Å². The van der Waals surface area contributed by atoms with E-state index in [1.807, 2.05) is 42.5 Å². The SMILES string of the molecule is Cc1ccc2sc(NC(=O)c3ccccc3CCc3ccccc3)nc2c1C. The lowest BCUT2D eigenvalue weighted by Gasteiger charge is -2.09. The zero-order valence-corrected chi connectivity index (χ0v) is 16.8. The molecule has 0 fully saturated rings. The molecule has 4 rings (SSSR count). The first kappa shape index (κ1) is 18.4. The van der Waals surface area contributed by atoms with Crippen LogP contribution >= 0.6 is 11.3 Å². The summed E-state index contributed by atoms with van der Waals surface area (Å²) in [5.74, 6) is -0.0999. The highest BCUT2D eigenvalue weighted by molar-refractivity contribution is 7.22. The molecule has 0 radical (unpaired) electrons. The number of aromatic nitrogens is 1. The minimum Gasteiger partial charge on any atom is -0.298 e. The van der Waals surface area contributed by atoms with Gasteiger partial charge in [-0.25, -0.2) is 4.98 Å². The van der Waals surface area contributed by atoms with E-state index < -0.39 is 0 Å². The number of aryl methyl sites for hydroxylation is 4. The molecule has 4 aromatic rings. The number of rotatable bonds is 5. The van der Waals surface area contributed by atoms with Gasteiger partial charge in [-0.1, -0.05) is 65.9 Å². The van der Waals surface area contributed by atoms with E-state index in [0.717, 1.165) is 34.2 Å². The summed E-state index contributed by atoms with van der Waals surface area (Å²) in [5, 5.41) is 3.65. The highest BCUT2D eigenvalue weighted by Gasteiger charge is 2.14. The molecule has 4 heteroatoms. The number of hydrogen-bond acceptors (Lipinski definition) is 3. The minimum atomic E-state index is -0.0999. The van der Waals surface area contributed by atoms with Gasteiger partial charge in [0.15, 0.2) is 5.13 Å². The van der Waals surface area contributed by atoms with E-state index in [2.05, 4.69) is 48.4 Å². The lowest BCUT2D eigenvalue weighted by molar-refractivity contribution is 0.102. The van der Waals surface area contributed by atoms with Crippen molar-refractivity contribution in [2.24, 2.45) is 0 Å². The zero-order valence-electron chi connectivity index (χ0n) is 16.0. The third-order valence-corrected chi connectivity index (χ3v) is 6.03. The van der Waals surface area contributed by atoms with Crippen LogP contribution < -0.4 is 5.32 Å². The molecule has 0 saturated heterocycles. The second-order valence-corrected chi connectivity index (χ2v) is 8.00. The predicted octanol–water partition coefficient (Wildman–Crippen LogP) is 5.95. The van der Waals surface area contributed by atoms with Crippen LogP contribution in [0, 0.1) is 13.8 Å². The quantitative estimate of drug-likeness (QED) is 0.460. The predicted molar refractivity (Wildman–Crippen MR) is 117 cm³/mol. The van der Waals surface area contributed by atoms with E-state index in [1.54, 1.807) is 0 Å². The summed E-state index contributed by atoms with van der Waals surface area (Å²) in [6.45, 7) is 4.15. The molecule has 3 aromatic carbocycles. The van der Waals surface area contributed by atoms with Crippen molar-refractivity contribution in [3.05, 3.63) is 94.5 Å². The number of nitrogens with one attached hydrogen (secondary N) is 1. The summed E-state index contributed by atoms with van der Waals surface area (Å²) in [4.78, 5) is 17.6. The third-order valence-electron chi connectivity index (χ3n) is 5.09. The number of hydrogen-bond donors (Lipinski definition) is 1. The minimum absolute atomic E-state index is 0.0999. The monoisotopic (exact) mass is 386 g/mol. The van der Waals surface area contributed by atoms with Gasteiger partial charge in [0.2, 0.25) is 0 Å². The second kappa shape index (κ2) is 7.95. The Morgan fingerprint density at radius 3 is 2.50 bits per heavy atom. The fourth-order valence-corrected chi connectivity index (χ4v) is 4.25. The normalized spacial score (nSPS) is 10.9. The first-order valence-corrected chi connectivity index (χ1v) is 10.2. The van der Waals surface area contributed by atoms with Gasteiger partial charge in [-0.15, -0.1) is 0 Å². The lowest BCUT2D eigenvalue weighted by atomic mass is 9.99. The molecule has 0 atom stereocenters. The maximum absolute atomic E-state index is 12.9. The Hall–Kier alpha value is -2.98. The van der Waals surface area contributed by atoms with Gasteiger partial charge in [-0.3, -0.25) is 10.1 Å². The summed E-state index contributed by atoms with van der Waals surface area (Å²) in [5.41, 5.74) is 6.38. The summed E-state index contributed by atoms with van der Waals surface area (Å²) in [7, 11) is 0. The van der Waals surface area contributed by atoms with Crippen LogP contribution in [0.3, 0.4) is 0 Å².